The van der Waals surface area contributed by atoms with Gasteiger partial charge in [-0.25, -0.2) is 19.1 Å². The fourth-order valence-corrected chi connectivity index (χ4v) is 2.86. The zero-order chi connectivity index (χ0) is 13.4. The van der Waals surface area contributed by atoms with Crippen molar-refractivity contribution in [3.8, 4) is 0 Å². The summed E-state index contributed by atoms with van der Waals surface area (Å²) in [5.74, 6) is 2.82. The molecule has 2 rings (SSSR count). The Morgan fingerprint density at radius 3 is 2.61 bits per heavy atom. The van der Waals surface area contributed by atoms with E-state index in [0.717, 1.165) is 0 Å². The third-order valence-corrected chi connectivity index (χ3v) is 3.75. The number of hydrogen-bond acceptors (Lipinski definition) is 2. The number of rotatable bonds is 4. The van der Waals surface area contributed by atoms with Gasteiger partial charge in [0, 0.05) is 10.4 Å². The minimum atomic E-state index is -2.64. The monoisotopic (exact) mass is 323 g/mol. The van der Waals surface area contributed by atoms with Gasteiger partial charge in [0.15, 0.2) is 0 Å². The van der Waals surface area contributed by atoms with Crippen LogP contribution in [-0.4, -0.2) is 12.5 Å². The fourth-order valence-electron chi connectivity index (χ4n) is 2.27. The van der Waals surface area contributed by atoms with E-state index in [1.165, 1.54) is 6.07 Å². The molecule has 0 heterocycles. The molecule has 1 aliphatic rings. The Bertz CT molecular complexity index is 455. The highest BCUT2D eigenvalue weighted by Crippen LogP contribution is 2.48. The van der Waals surface area contributed by atoms with Crippen molar-refractivity contribution >= 4 is 15.9 Å². The zero-order valence-electron chi connectivity index (χ0n) is 9.67. The Balaban J connectivity index is 2.37. The summed E-state index contributed by atoms with van der Waals surface area (Å²) in [4.78, 5) is 4.56. The van der Waals surface area contributed by atoms with E-state index in [1.807, 2.05) is 0 Å². The summed E-state index contributed by atoms with van der Waals surface area (Å²) in [5.41, 5.74) is 0.373. The minimum Gasteiger partial charge on any atom is -0.301 e. The van der Waals surface area contributed by atoms with Crippen molar-refractivity contribution in [2.75, 3.05) is 0 Å². The third-order valence-electron chi connectivity index (χ3n) is 3.29. The Kier molecular flexibility index (Phi) is 3.99. The minimum absolute atomic E-state index is 0.0291. The predicted octanol–water partition coefficient (Wildman–Crippen LogP) is 3.52. The smallest absolute Gasteiger partial charge is 0.245 e. The zero-order valence-corrected chi connectivity index (χ0v) is 11.3. The second kappa shape index (κ2) is 5.19. The molecule has 0 amide bonds. The van der Waals surface area contributed by atoms with E-state index in [1.54, 1.807) is 13.0 Å². The van der Waals surface area contributed by atoms with Crippen LogP contribution in [0.2, 0.25) is 0 Å². The molecule has 1 fully saturated rings. The average Bonchev–Trinajstić information content (AvgIpc) is 3.04. The van der Waals surface area contributed by atoms with Gasteiger partial charge < -0.3 is 4.84 Å². The Morgan fingerprint density at radius 1 is 1.44 bits per heavy atom. The lowest BCUT2D eigenvalue weighted by molar-refractivity contribution is 0.0683. The maximum atomic E-state index is 14.0. The third kappa shape index (κ3) is 2.55. The SMILES string of the molecule is Cc1cc(Br)cc(C(C(F)F)[C@H]2C[C@H]2ON)c1F. The molecule has 0 bridgehead atoms. The van der Waals surface area contributed by atoms with Crippen LogP contribution in [0.4, 0.5) is 13.2 Å². The lowest BCUT2D eigenvalue weighted by Gasteiger charge is -2.18. The quantitative estimate of drug-likeness (QED) is 0.860. The molecule has 2 nitrogen and oxygen atoms in total. The maximum absolute atomic E-state index is 14.0. The number of aryl methyl sites for hydroxylation is 1. The Morgan fingerprint density at radius 2 is 2.11 bits per heavy atom. The maximum Gasteiger partial charge on any atom is 0.245 e. The lowest BCUT2D eigenvalue weighted by atomic mass is 9.92. The van der Waals surface area contributed by atoms with Crippen LogP contribution in [0.1, 0.15) is 23.5 Å². The van der Waals surface area contributed by atoms with Crippen molar-refractivity contribution in [1.82, 2.24) is 0 Å². The summed E-state index contributed by atoms with van der Waals surface area (Å²) >= 11 is 3.20. The molecular formula is C12H13BrF3NO. The van der Waals surface area contributed by atoms with E-state index in [-0.39, 0.29) is 5.56 Å². The van der Waals surface area contributed by atoms with Crippen LogP contribution < -0.4 is 5.90 Å². The van der Waals surface area contributed by atoms with Crippen molar-refractivity contribution in [3.05, 3.63) is 33.5 Å². The van der Waals surface area contributed by atoms with Gasteiger partial charge in [-0.1, -0.05) is 15.9 Å². The molecule has 0 spiro atoms. The number of alkyl halides is 2. The van der Waals surface area contributed by atoms with Gasteiger partial charge >= 0.3 is 0 Å². The van der Waals surface area contributed by atoms with Gasteiger partial charge in [0.2, 0.25) is 6.43 Å². The summed E-state index contributed by atoms with van der Waals surface area (Å²) in [7, 11) is 0. The van der Waals surface area contributed by atoms with Crippen LogP contribution in [0.5, 0.6) is 0 Å². The van der Waals surface area contributed by atoms with Crippen LogP contribution in [0, 0.1) is 18.7 Å². The molecule has 3 atom stereocenters. The fraction of sp³-hybridized carbons (Fsp3) is 0.500. The topological polar surface area (TPSA) is 35.2 Å². The molecule has 100 valence electrons. The van der Waals surface area contributed by atoms with Crippen LogP contribution in [0.3, 0.4) is 0 Å². The summed E-state index contributed by atoms with van der Waals surface area (Å²) in [6, 6.07) is 2.97. The number of benzene rings is 1. The highest BCUT2D eigenvalue weighted by molar-refractivity contribution is 9.10. The number of hydrogen-bond donors (Lipinski definition) is 1. The number of nitrogens with two attached hydrogens (primary N) is 1. The Hall–Kier alpha value is -0.590. The molecular weight excluding hydrogens is 311 g/mol. The van der Waals surface area contributed by atoms with Crippen molar-refractivity contribution in [2.24, 2.45) is 11.8 Å². The summed E-state index contributed by atoms with van der Waals surface area (Å²) in [6.07, 6.45) is -2.60. The van der Waals surface area contributed by atoms with Crippen molar-refractivity contribution < 1.29 is 18.0 Å². The first kappa shape index (κ1) is 13.8. The first-order chi connectivity index (χ1) is 8.45. The second-order valence-corrected chi connectivity index (χ2v) is 5.48. The molecule has 0 aliphatic heterocycles. The van der Waals surface area contributed by atoms with Gasteiger partial charge in [0.25, 0.3) is 0 Å². The molecule has 2 N–H and O–H groups in total. The van der Waals surface area contributed by atoms with Crippen LogP contribution in [0.25, 0.3) is 0 Å². The average molecular weight is 324 g/mol. The highest BCUT2D eigenvalue weighted by atomic mass is 79.9. The van der Waals surface area contributed by atoms with Crippen LogP contribution in [0.15, 0.2) is 16.6 Å². The second-order valence-electron chi connectivity index (χ2n) is 4.56. The molecule has 0 radical (unpaired) electrons. The molecule has 0 saturated heterocycles. The van der Waals surface area contributed by atoms with Crippen LogP contribution in [-0.2, 0) is 4.84 Å². The first-order valence-corrected chi connectivity index (χ1v) is 6.34. The molecule has 1 aromatic carbocycles. The van der Waals surface area contributed by atoms with Crippen molar-refractivity contribution in [1.29, 1.82) is 0 Å². The van der Waals surface area contributed by atoms with E-state index in [0.29, 0.717) is 16.5 Å². The molecule has 1 aliphatic carbocycles. The molecule has 6 heteroatoms. The van der Waals surface area contributed by atoms with Gasteiger partial charge in [-0.2, -0.15) is 0 Å². The molecule has 0 aromatic heterocycles. The largest absolute Gasteiger partial charge is 0.301 e. The summed E-state index contributed by atoms with van der Waals surface area (Å²) in [5, 5.41) is 0. The first-order valence-electron chi connectivity index (χ1n) is 5.55. The molecule has 1 unspecified atom stereocenters. The van der Waals surface area contributed by atoms with E-state index >= 15 is 0 Å². The highest BCUT2D eigenvalue weighted by Gasteiger charge is 2.49. The van der Waals surface area contributed by atoms with Gasteiger partial charge in [-0.3, -0.25) is 0 Å². The summed E-state index contributed by atoms with van der Waals surface area (Å²) < 4.78 is 40.9. The van der Waals surface area contributed by atoms with E-state index in [2.05, 4.69) is 20.8 Å². The molecule has 1 saturated carbocycles. The Labute approximate surface area is 111 Å². The van der Waals surface area contributed by atoms with Gasteiger partial charge in [0.05, 0.1) is 12.0 Å². The van der Waals surface area contributed by atoms with Gasteiger partial charge in [-0.05, 0) is 36.6 Å². The van der Waals surface area contributed by atoms with Crippen molar-refractivity contribution in [2.45, 2.75) is 31.8 Å². The molecule has 1 aromatic rings. The predicted molar refractivity (Wildman–Crippen MR) is 64.7 cm³/mol. The lowest BCUT2D eigenvalue weighted by Crippen LogP contribution is -2.17. The standard InChI is InChI=1S/C12H13BrF3NO/c1-5-2-6(13)3-8(11(5)14)10(12(15)16)7-4-9(7)18-17/h2-3,7,9-10,12H,4,17H2,1H3/t7-,9+,10?/m0/s1. The van der Waals surface area contributed by atoms with E-state index in [9.17, 15) is 13.2 Å². The normalized spacial score (nSPS) is 24.4. The molecule has 18 heavy (non-hydrogen) atoms. The number of halogens is 4. The van der Waals surface area contributed by atoms with E-state index in [4.69, 9.17) is 5.90 Å². The van der Waals surface area contributed by atoms with Gasteiger partial charge in [-0.15, -0.1) is 0 Å². The van der Waals surface area contributed by atoms with E-state index < -0.39 is 30.2 Å². The van der Waals surface area contributed by atoms with Crippen LogP contribution >= 0.6 is 15.9 Å². The summed E-state index contributed by atoms with van der Waals surface area (Å²) in [6.45, 7) is 1.55. The van der Waals surface area contributed by atoms with Gasteiger partial charge in [0.1, 0.15) is 5.82 Å². The van der Waals surface area contributed by atoms with Crippen molar-refractivity contribution in [3.63, 3.8) is 0 Å².